The summed E-state index contributed by atoms with van der Waals surface area (Å²) in [7, 11) is 0. The van der Waals surface area contributed by atoms with Crippen molar-refractivity contribution in [1.29, 1.82) is 0 Å². The van der Waals surface area contributed by atoms with Gasteiger partial charge in [0.15, 0.2) is 0 Å². The maximum atomic E-state index is 11.5. The summed E-state index contributed by atoms with van der Waals surface area (Å²) in [5.41, 5.74) is 0.493. The van der Waals surface area contributed by atoms with Crippen molar-refractivity contribution in [3.8, 4) is 0 Å². The predicted octanol–water partition coefficient (Wildman–Crippen LogP) is 2.90. The van der Waals surface area contributed by atoms with Crippen LogP contribution in [0.15, 0.2) is 30.3 Å². The van der Waals surface area contributed by atoms with Gasteiger partial charge in [-0.05, 0) is 31.9 Å². The fourth-order valence-corrected chi connectivity index (χ4v) is 2.23. The van der Waals surface area contributed by atoms with Gasteiger partial charge < -0.3 is 15.5 Å². The Morgan fingerprint density at radius 3 is 2.71 bits per heavy atom. The minimum Gasteiger partial charge on any atom is -0.478 e. The topological polar surface area (TPSA) is 82.5 Å². The van der Waals surface area contributed by atoms with Crippen LogP contribution in [0.1, 0.15) is 37.0 Å². The lowest BCUT2D eigenvalue weighted by molar-refractivity contribution is 0.0697. The Hall–Kier alpha value is -2.14. The van der Waals surface area contributed by atoms with E-state index < -0.39 is 11.5 Å². The molecule has 3 N–H and O–H groups in total. The summed E-state index contributed by atoms with van der Waals surface area (Å²) in [6.45, 7) is 3.98. The normalized spacial score (nSPS) is 13.9. The standard InChI is InChI=1S/C16H20N2O3/c1-3-16(2,8-9-19)18-14-12(15(20)21)10-11-6-4-5-7-13(11)17-14/h4-7,10,19H,3,8-9H2,1-2H3,(H,17,18)(H,20,21). The molecule has 0 radical (unpaired) electrons. The fraction of sp³-hybridized carbons (Fsp3) is 0.375. The number of benzene rings is 1. The molecule has 0 amide bonds. The number of aromatic carboxylic acids is 1. The Morgan fingerprint density at radius 2 is 2.10 bits per heavy atom. The molecule has 0 aliphatic carbocycles. The first kappa shape index (κ1) is 15.3. The highest BCUT2D eigenvalue weighted by atomic mass is 16.4. The van der Waals surface area contributed by atoms with Crippen LogP contribution >= 0.6 is 0 Å². The lowest BCUT2D eigenvalue weighted by Gasteiger charge is -2.30. The number of rotatable bonds is 6. The molecule has 0 bridgehead atoms. The van der Waals surface area contributed by atoms with Crippen LogP contribution in [-0.4, -0.2) is 33.3 Å². The van der Waals surface area contributed by atoms with Crippen molar-refractivity contribution < 1.29 is 15.0 Å². The van der Waals surface area contributed by atoms with E-state index in [-0.39, 0.29) is 12.2 Å². The Balaban J connectivity index is 2.50. The number of nitrogens with one attached hydrogen (secondary N) is 1. The summed E-state index contributed by atoms with van der Waals surface area (Å²) in [4.78, 5) is 15.9. The number of fused-ring (bicyclic) bond motifs is 1. The highest BCUT2D eigenvalue weighted by molar-refractivity contribution is 5.98. The van der Waals surface area contributed by atoms with Gasteiger partial charge in [0.1, 0.15) is 11.4 Å². The number of nitrogens with zero attached hydrogens (tertiary/aromatic N) is 1. The molecule has 1 atom stereocenters. The minimum absolute atomic E-state index is 0.0350. The van der Waals surface area contributed by atoms with Crippen LogP contribution in [0.5, 0.6) is 0 Å². The highest BCUT2D eigenvalue weighted by Crippen LogP contribution is 2.26. The van der Waals surface area contributed by atoms with Crippen molar-refractivity contribution in [2.75, 3.05) is 11.9 Å². The van der Waals surface area contributed by atoms with Crippen molar-refractivity contribution >= 4 is 22.7 Å². The number of carboxylic acid groups (broad SMARTS) is 1. The summed E-state index contributed by atoms with van der Waals surface area (Å²) in [6.07, 6.45) is 1.28. The quantitative estimate of drug-likeness (QED) is 0.761. The van der Waals surface area contributed by atoms with Gasteiger partial charge in [-0.2, -0.15) is 0 Å². The second-order valence-electron chi connectivity index (χ2n) is 5.40. The van der Waals surface area contributed by atoms with Gasteiger partial charge in [-0.25, -0.2) is 9.78 Å². The van der Waals surface area contributed by atoms with E-state index in [9.17, 15) is 15.0 Å². The molecule has 0 saturated carbocycles. The van der Waals surface area contributed by atoms with E-state index in [4.69, 9.17) is 0 Å². The Morgan fingerprint density at radius 1 is 1.38 bits per heavy atom. The van der Waals surface area contributed by atoms with Crippen molar-refractivity contribution in [1.82, 2.24) is 4.98 Å². The number of pyridine rings is 1. The van der Waals surface area contributed by atoms with Crippen LogP contribution in [0.25, 0.3) is 10.9 Å². The third kappa shape index (κ3) is 3.31. The first-order valence-corrected chi connectivity index (χ1v) is 7.01. The molecule has 0 spiro atoms. The van der Waals surface area contributed by atoms with Gasteiger partial charge in [0.05, 0.1) is 5.52 Å². The Labute approximate surface area is 123 Å². The number of hydrogen-bond acceptors (Lipinski definition) is 4. The molecule has 5 nitrogen and oxygen atoms in total. The lowest BCUT2D eigenvalue weighted by Crippen LogP contribution is -2.36. The molecule has 112 valence electrons. The molecule has 1 aromatic heterocycles. The molecular weight excluding hydrogens is 268 g/mol. The zero-order valence-electron chi connectivity index (χ0n) is 12.3. The SMILES string of the molecule is CCC(C)(CCO)Nc1nc2ccccc2cc1C(=O)O. The fourth-order valence-electron chi connectivity index (χ4n) is 2.23. The summed E-state index contributed by atoms with van der Waals surface area (Å²) >= 11 is 0. The van der Waals surface area contributed by atoms with Crippen molar-refractivity contribution in [3.63, 3.8) is 0 Å². The van der Waals surface area contributed by atoms with E-state index >= 15 is 0 Å². The second kappa shape index (κ2) is 6.10. The number of carbonyl (C=O) groups is 1. The summed E-state index contributed by atoms with van der Waals surface area (Å²) < 4.78 is 0. The molecule has 0 saturated heterocycles. The van der Waals surface area contributed by atoms with E-state index in [1.165, 1.54) is 0 Å². The molecule has 1 unspecified atom stereocenters. The minimum atomic E-state index is -1.02. The third-order valence-electron chi connectivity index (χ3n) is 3.82. The van der Waals surface area contributed by atoms with E-state index in [1.54, 1.807) is 6.07 Å². The van der Waals surface area contributed by atoms with Gasteiger partial charge >= 0.3 is 5.97 Å². The number of para-hydroxylation sites is 1. The Bertz CT molecular complexity index is 657. The van der Waals surface area contributed by atoms with Gasteiger partial charge in [0.25, 0.3) is 0 Å². The third-order valence-corrected chi connectivity index (χ3v) is 3.82. The molecule has 2 aromatic rings. The zero-order valence-corrected chi connectivity index (χ0v) is 12.3. The van der Waals surface area contributed by atoms with Gasteiger partial charge in [0.2, 0.25) is 0 Å². The number of carboxylic acids is 1. The lowest BCUT2D eigenvalue weighted by atomic mass is 9.94. The molecule has 0 aliphatic rings. The number of hydrogen-bond donors (Lipinski definition) is 3. The van der Waals surface area contributed by atoms with Gasteiger partial charge in [-0.1, -0.05) is 25.1 Å². The number of aliphatic hydroxyl groups excluding tert-OH is 1. The number of aromatic nitrogens is 1. The molecule has 5 heteroatoms. The van der Waals surface area contributed by atoms with Crippen LogP contribution in [0.3, 0.4) is 0 Å². The van der Waals surface area contributed by atoms with E-state index in [1.807, 2.05) is 38.1 Å². The van der Waals surface area contributed by atoms with Crippen LogP contribution in [0.2, 0.25) is 0 Å². The maximum Gasteiger partial charge on any atom is 0.339 e. The Kier molecular flexibility index (Phi) is 4.43. The highest BCUT2D eigenvalue weighted by Gasteiger charge is 2.24. The largest absolute Gasteiger partial charge is 0.478 e. The molecule has 0 aliphatic heterocycles. The molecule has 21 heavy (non-hydrogen) atoms. The number of aliphatic hydroxyl groups is 1. The smallest absolute Gasteiger partial charge is 0.339 e. The number of anilines is 1. The van der Waals surface area contributed by atoms with Crippen LogP contribution < -0.4 is 5.32 Å². The van der Waals surface area contributed by atoms with Crippen molar-refractivity contribution in [2.24, 2.45) is 0 Å². The van der Waals surface area contributed by atoms with Crippen molar-refractivity contribution in [2.45, 2.75) is 32.2 Å². The maximum absolute atomic E-state index is 11.5. The van der Waals surface area contributed by atoms with Crippen molar-refractivity contribution in [3.05, 3.63) is 35.9 Å². The van der Waals surface area contributed by atoms with E-state index in [2.05, 4.69) is 10.3 Å². The molecule has 0 fully saturated rings. The zero-order chi connectivity index (χ0) is 15.5. The summed E-state index contributed by atoms with van der Waals surface area (Å²) in [5, 5.41) is 22.6. The van der Waals surface area contributed by atoms with Crippen LogP contribution in [-0.2, 0) is 0 Å². The molecule has 1 heterocycles. The predicted molar refractivity (Wildman–Crippen MR) is 82.7 cm³/mol. The summed E-state index contributed by atoms with van der Waals surface area (Å²) in [5.74, 6) is -0.669. The van der Waals surface area contributed by atoms with Gasteiger partial charge in [-0.3, -0.25) is 0 Å². The van der Waals surface area contributed by atoms with E-state index in [0.717, 1.165) is 17.3 Å². The molecular formula is C16H20N2O3. The van der Waals surface area contributed by atoms with Crippen LogP contribution in [0, 0.1) is 0 Å². The molecule has 2 rings (SSSR count). The second-order valence-corrected chi connectivity index (χ2v) is 5.40. The average Bonchev–Trinajstić information content (AvgIpc) is 2.46. The van der Waals surface area contributed by atoms with E-state index in [0.29, 0.717) is 12.2 Å². The van der Waals surface area contributed by atoms with Gasteiger partial charge in [0, 0.05) is 17.5 Å². The first-order chi connectivity index (χ1) is 9.99. The van der Waals surface area contributed by atoms with Crippen LogP contribution in [0.4, 0.5) is 5.82 Å². The first-order valence-electron chi connectivity index (χ1n) is 7.01. The molecule has 1 aromatic carbocycles. The average molecular weight is 288 g/mol. The monoisotopic (exact) mass is 288 g/mol. The summed E-state index contributed by atoms with van der Waals surface area (Å²) in [6, 6.07) is 9.03. The van der Waals surface area contributed by atoms with Gasteiger partial charge in [-0.15, -0.1) is 0 Å².